The third kappa shape index (κ3) is 3.65. The molecule has 7 nitrogen and oxygen atoms in total. The van der Waals surface area contributed by atoms with Crippen LogP contribution in [0.25, 0.3) is 0 Å². The lowest BCUT2D eigenvalue weighted by Gasteiger charge is -2.12. The summed E-state index contributed by atoms with van der Waals surface area (Å²) in [7, 11) is 0. The van der Waals surface area contributed by atoms with Crippen LogP contribution in [0.15, 0.2) is 40.1 Å². The minimum Gasteiger partial charge on any atom is -0.490 e. The third-order valence-electron chi connectivity index (χ3n) is 2.78. The van der Waals surface area contributed by atoms with Crippen molar-refractivity contribution >= 4 is 5.69 Å². The van der Waals surface area contributed by atoms with Gasteiger partial charge < -0.3 is 15.2 Å². The Bertz CT molecular complexity index is 721. The second-order valence-electron chi connectivity index (χ2n) is 4.27. The van der Waals surface area contributed by atoms with Gasteiger partial charge in [-0.2, -0.15) is 0 Å². The number of aromatic amines is 1. The second kappa shape index (κ2) is 6.65. The van der Waals surface area contributed by atoms with Gasteiger partial charge in [-0.15, -0.1) is 0 Å². The molecule has 2 aromatic rings. The molecular formula is C14H17N3O4. The highest BCUT2D eigenvalue weighted by molar-refractivity contribution is 5.39. The zero-order chi connectivity index (χ0) is 15.2. The van der Waals surface area contributed by atoms with E-state index in [2.05, 4.69) is 4.98 Å². The monoisotopic (exact) mass is 291 g/mol. The molecule has 0 aliphatic carbocycles. The first-order valence-electron chi connectivity index (χ1n) is 6.55. The SMILES string of the molecule is CCOc1ccccc1OCCn1cc(N)c(=O)[nH]c1=O. The van der Waals surface area contributed by atoms with E-state index in [1.807, 2.05) is 25.1 Å². The maximum absolute atomic E-state index is 11.6. The van der Waals surface area contributed by atoms with E-state index < -0.39 is 11.2 Å². The molecule has 3 N–H and O–H groups in total. The summed E-state index contributed by atoms with van der Waals surface area (Å²) in [5.41, 5.74) is 4.36. The standard InChI is InChI=1S/C14H17N3O4/c1-2-20-11-5-3-4-6-12(11)21-8-7-17-9-10(15)13(18)16-14(17)19/h3-6,9H,2,7-8,15H2,1H3,(H,16,18,19). The van der Waals surface area contributed by atoms with Crippen LogP contribution in [-0.2, 0) is 6.54 Å². The predicted octanol–water partition coefficient (Wildman–Crippen LogP) is 0.597. The van der Waals surface area contributed by atoms with Crippen molar-refractivity contribution in [3.05, 3.63) is 51.3 Å². The van der Waals surface area contributed by atoms with Gasteiger partial charge in [-0.25, -0.2) is 4.79 Å². The first-order valence-corrected chi connectivity index (χ1v) is 6.55. The number of aromatic nitrogens is 2. The van der Waals surface area contributed by atoms with E-state index in [-0.39, 0.29) is 18.8 Å². The van der Waals surface area contributed by atoms with Crippen LogP contribution in [0.5, 0.6) is 11.5 Å². The molecule has 2 rings (SSSR count). The maximum Gasteiger partial charge on any atom is 0.328 e. The summed E-state index contributed by atoms with van der Waals surface area (Å²) in [6.07, 6.45) is 1.30. The third-order valence-corrected chi connectivity index (χ3v) is 2.78. The number of anilines is 1. The van der Waals surface area contributed by atoms with Gasteiger partial charge in [0, 0.05) is 6.20 Å². The van der Waals surface area contributed by atoms with E-state index in [4.69, 9.17) is 15.2 Å². The molecule has 0 saturated carbocycles. The number of ether oxygens (including phenoxy) is 2. The number of benzene rings is 1. The molecule has 0 radical (unpaired) electrons. The molecule has 0 fully saturated rings. The minimum absolute atomic E-state index is 0.00989. The number of H-pyrrole nitrogens is 1. The van der Waals surface area contributed by atoms with Crippen LogP contribution < -0.4 is 26.5 Å². The molecule has 21 heavy (non-hydrogen) atoms. The molecule has 112 valence electrons. The van der Waals surface area contributed by atoms with Crippen molar-refractivity contribution in [1.82, 2.24) is 9.55 Å². The van der Waals surface area contributed by atoms with Gasteiger partial charge in [0.15, 0.2) is 11.5 Å². The molecule has 0 unspecified atom stereocenters. The zero-order valence-corrected chi connectivity index (χ0v) is 11.7. The molecule has 1 aromatic carbocycles. The molecule has 1 heterocycles. The van der Waals surface area contributed by atoms with Crippen LogP contribution in [0.3, 0.4) is 0 Å². The molecule has 1 aromatic heterocycles. The largest absolute Gasteiger partial charge is 0.490 e. The number of nitrogens with two attached hydrogens (primary N) is 1. The Hall–Kier alpha value is -2.70. The highest BCUT2D eigenvalue weighted by Crippen LogP contribution is 2.26. The molecule has 0 amide bonds. The number of hydrogen-bond acceptors (Lipinski definition) is 5. The van der Waals surface area contributed by atoms with Crippen LogP contribution in [0.1, 0.15) is 6.92 Å². The summed E-state index contributed by atoms with van der Waals surface area (Å²) in [6.45, 7) is 2.94. The van der Waals surface area contributed by atoms with Crippen LogP contribution >= 0.6 is 0 Å². The highest BCUT2D eigenvalue weighted by atomic mass is 16.5. The van der Waals surface area contributed by atoms with Crippen LogP contribution in [-0.4, -0.2) is 22.8 Å². The molecule has 0 aliphatic heterocycles. The second-order valence-corrected chi connectivity index (χ2v) is 4.27. The number of hydrogen-bond donors (Lipinski definition) is 2. The minimum atomic E-state index is -0.584. The Labute approximate surface area is 120 Å². The van der Waals surface area contributed by atoms with Gasteiger partial charge in [-0.1, -0.05) is 12.1 Å². The molecule has 0 atom stereocenters. The number of para-hydroxylation sites is 2. The number of nitrogens with zero attached hydrogens (tertiary/aromatic N) is 1. The Balaban J connectivity index is 2.04. The van der Waals surface area contributed by atoms with E-state index in [1.165, 1.54) is 10.8 Å². The Morgan fingerprint density at radius 2 is 1.86 bits per heavy atom. The average molecular weight is 291 g/mol. The van der Waals surface area contributed by atoms with Crippen LogP contribution in [0, 0.1) is 0 Å². The van der Waals surface area contributed by atoms with Gasteiger partial charge in [-0.3, -0.25) is 14.3 Å². The number of nitrogen functional groups attached to an aromatic ring is 1. The molecular weight excluding hydrogens is 274 g/mol. The molecule has 0 spiro atoms. The smallest absolute Gasteiger partial charge is 0.328 e. The summed E-state index contributed by atoms with van der Waals surface area (Å²) >= 11 is 0. The van der Waals surface area contributed by atoms with Crippen molar-refractivity contribution in [2.24, 2.45) is 0 Å². The van der Waals surface area contributed by atoms with Gasteiger partial charge in [-0.05, 0) is 19.1 Å². The zero-order valence-electron chi connectivity index (χ0n) is 11.7. The molecule has 0 aliphatic rings. The van der Waals surface area contributed by atoms with Gasteiger partial charge in [0.1, 0.15) is 12.3 Å². The predicted molar refractivity (Wildman–Crippen MR) is 78.8 cm³/mol. The highest BCUT2D eigenvalue weighted by Gasteiger charge is 2.05. The number of rotatable bonds is 6. The molecule has 7 heteroatoms. The van der Waals surface area contributed by atoms with E-state index >= 15 is 0 Å². The Kier molecular flexibility index (Phi) is 4.65. The Morgan fingerprint density at radius 3 is 2.52 bits per heavy atom. The van der Waals surface area contributed by atoms with Gasteiger partial charge >= 0.3 is 5.69 Å². The first kappa shape index (κ1) is 14.7. The van der Waals surface area contributed by atoms with E-state index in [0.717, 1.165) is 0 Å². The van der Waals surface area contributed by atoms with Crippen molar-refractivity contribution in [1.29, 1.82) is 0 Å². The number of nitrogens with one attached hydrogen (secondary N) is 1. The lowest BCUT2D eigenvalue weighted by Crippen LogP contribution is -2.32. The average Bonchev–Trinajstić information content (AvgIpc) is 2.46. The summed E-state index contributed by atoms with van der Waals surface area (Å²) in [4.78, 5) is 24.9. The lowest BCUT2D eigenvalue weighted by molar-refractivity contribution is 0.265. The van der Waals surface area contributed by atoms with E-state index in [0.29, 0.717) is 18.1 Å². The topological polar surface area (TPSA) is 99.3 Å². The summed E-state index contributed by atoms with van der Waals surface area (Å²) in [5.74, 6) is 1.25. The van der Waals surface area contributed by atoms with Crippen molar-refractivity contribution in [3.8, 4) is 11.5 Å². The normalized spacial score (nSPS) is 10.3. The summed E-state index contributed by atoms with van der Waals surface area (Å²) < 4.78 is 12.3. The van der Waals surface area contributed by atoms with Crippen molar-refractivity contribution < 1.29 is 9.47 Å². The van der Waals surface area contributed by atoms with Crippen molar-refractivity contribution in [3.63, 3.8) is 0 Å². The fourth-order valence-corrected chi connectivity index (χ4v) is 1.79. The first-order chi connectivity index (χ1) is 10.1. The van der Waals surface area contributed by atoms with Gasteiger partial charge in [0.05, 0.1) is 13.2 Å². The fraction of sp³-hybridized carbons (Fsp3) is 0.286. The molecule has 0 saturated heterocycles. The molecule has 0 bridgehead atoms. The van der Waals surface area contributed by atoms with E-state index in [1.54, 1.807) is 6.07 Å². The quantitative estimate of drug-likeness (QED) is 0.811. The lowest BCUT2D eigenvalue weighted by atomic mass is 10.3. The van der Waals surface area contributed by atoms with E-state index in [9.17, 15) is 9.59 Å². The maximum atomic E-state index is 11.6. The van der Waals surface area contributed by atoms with Gasteiger partial charge in [0.25, 0.3) is 5.56 Å². The van der Waals surface area contributed by atoms with Crippen LogP contribution in [0.2, 0.25) is 0 Å². The van der Waals surface area contributed by atoms with Gasteiger partial charge in [0.2, 0.25) is 0 Å². The summed E-state index contributed by atoms with van der Waals surface area (Å²) in [6, 6.07) is 7.28. The van der Waals surface area contributed by atoms with Crippen LogP contribution in [0.4, 0.5) is 5.69 Å². The Morgan fingerprint density at radius 1 is 1.19 bits per heavy atom. The van der Waals surface area contributed by atoms with Crippen molar-refractivity contribution in [2.75, 3.05) is 18.9 Å². The fourth-order valence-electron chi connectivity index (χ4n) is 1.79. The summed E-state index contributed by atoms with van der Waals surface area (Å²) in [5, 5.41) is 0. The van der Waals surface area contributed by atoms with Crippen molar-refractivity contribution in [2.45, 2.75) is 13.5 Å².